The van der Waals surface area contributed by atoms with E-state index >= 15 is 0 Å². The highest BCUT2D eigenvalue weighted by Gasteiger charge is 2.42. The standard InChI is InChI=1S/C19H27N3O5/c1-13(2)16(20-19(25)27-4)17(23)22-12-21(11-15(22)18(24)26-3)10-14-8-6-5-7-9-14/h5-9,13,15-16H,10-12H2,1-4H3,(H,20,25). The molecule has 2 rings (SSSR count). The molecular formula is C19H27N3O5. The van der Waals surface area contributed by atoms with Crippen molar-refractivity contribution < 1.29 is 23.9 Å². The van der Waals surface area contributed by atoms with Crippen LogP contribution in [0.2, 0.25) is 0 Å². The van der Waals surface area contributed by atoms with Gasteiger partial charge in [-0.3, -0.25) is 9.69 Å². The molecule has 0 aromatic heterocycles. The van der Waals surface area contributed by atoms with E-state index in [4.69, 9.17) is 4.74 Å². The molecule has 0 radical (unpaired) electrons. The lowest BCUT2D eigenvalue weighted by Gasteiger charge is -2.29. The molecule has 2 atom stereocenters. The van der Waals surface area contributed by atoms with Crippen molar-refractivity contribution in [3.63, 3.8) is 0 Å². The van der Waals surface area contributed by atoms with Gasteiger partial charge in [-0.15, -0.1) is 0 Å². The van der Waals surface area contributed by atoms with E-state index in [1.807, 2.05) is 49.1 Å². The number of methoxy groups -OCH3 is 2. The van der Waals surface area contributed by atoms with Crippen molar-refractivity contribution in [1.29, 1.82) is 0 Å². The summed E-state index contributed by atoms with van der Waals surface area (Å²) in [5.41, 5.74) is 1.09. The molecule has 1 saturated heterocycles. The Kier molecular flexibility index (Phi) is 7.18. The summed E-state index contributed by atoms with van der Waals surface area (Å²) in [5.74, 6) is -0.973. The molecule has 148 valence electrons. The van der Waals surface area contributed by atoms with Crippen molar-refractivity contribution >= 4 is 18.0 Å². The minimum Gasteiger partial charge on any atom is -0.467 e. The van der Waals surface area contributed by atoms with Gasteiger partial charge < -0.3 is 19.7 Å². The number of esters is 1. The number of rotatable bonds is 6. The molecule has 2 amide bonds. The van der Waals surface area contributed by atoms with E-state index in [2.05, 4.69) is 10.1 Å². The number of amides is 2. The lowest BCUT2D eigenvalue weighted by molar-refractivity contribution is -0.151. The fourth-order valence-corrected chi connectivity index (χ4v) is 3.11. The fraction of sp³-hybridized carbons (Fsp3) is 0.526. The summed E-state index contributed by atoms with van der Waals surface area (Å²) in [7, 11) is 2.55. The van der Waals surface area contributed by atoms with Gasteiger partial charge in [0, 0.05) is 13.1 Å². The van der Waals surface area contributed by atoms with E-state index in [0.717, 1.165) is 5.56 Å². The Hall–Kier alpha value is -2.61. The van der Waals surface area contributed by atoms with Crippen LogP contribution in [0.1, 0.15) is 19.4 Å². The average Bonchev–Trinajstić information content (AvgIpc) is 3.09. The van der Waals surface area contributed by atoms with Gasteiger partial charge in [-0.2, -0.15) is 0 Å². The largest absolute Gasteiger partial charge is 0.467 e. The SMILES string of the molecule is COC(=O)NC(C(=O)N1CN(Cc2ccccc2)CC1C(=O)OC)C(C)C. The third-order valence-corrected chi connectivity index (χ3v) is 4.56. The molecule has 1 aliphatic rings. The van der Waals surface area contributed by atoms with Crippen LogP contribution in [-0.4, -0.2) is 67.3 Å². The zero-order valence-electron chi connectivity index (χ0n) is 16.2. The number of carbonyl (C=O) groups excluding carboxylic acids is 3. The number of ether oxygens (including phenoxy) is 2. The maximum absolute atomic E-state index is 13.1. The van der Waals surface area contributed by atoms with Crippen molar-refractivity contribution in [2.75, 3.05) is 27.4 Å². The quantitative estimate of drug-likeness (QED) is 0.750. The van der Waals surface area contributed by atoms with Crippen LogP contribution in [0.4, 0.5) is 4.79 Å². The molecule has 27 heavy (non-hydrogen) atoms. The second kappa shape index (κ2) is 9.36. The van der Waals surface area contributed by atoms with Crippen LogP contribution in [0.25, 0.3) is 0 Å². The van der Waals surface area contributed by atoms with Crippen LogP contribution in [0.5, 0.6) is 0 Å². The summed E-state index contributed by atoms with van der Waals surface area (Å²) in [6, 6.07) is 8.31. The zero-order valence-corrected chi connectivity index (χ0v) is 16.2. The third kappa shape index (κ3) is 5.19. The van der Waals surface area contributed by atoms with Crippen molar-refractivity contribution in [1.82, 2.24) is 15.1 Å². The van der Waals surface area contributed by atoms with Gasteiger partial charge in [0.1, 0.15) is 12.1 Å². The molecule has 1 aromatic carbocycles. The molecule has 1 heterocycles. The van der Waals surface area contributed by atoms with Gasteiger partial charge in [-0.25, -0.2) is 9.59 Å². The van der Waals surface area contributed by atoms with Gasteiger partial charge >= 0.3 is 12.1 Å². The van der Waals surface area contributed by atoms with E-state index in [0.29, 0.717) is 13.1 Å². The van der Waals surface area contributed by atoms with E-state index in [1.54, 1.807) is 0 Å². The predicted octanol–water partition coefficient (Wildman–Crippen LogP) is 1.21. The molecule has 1 aromatic rings. The maximum atomic E-state index is 13.1. The summed E-state index contributed by atoms with van der Waals surface area (Å²) in [5, 5.41) is 2.56. The number of hydrogen-bond acceptors (Lipinski definition) is 6. The van der Waals surface area contributed by atoms with Crippen molar-refractivity contribution in [3.05, 3.63) is 35.9 Å². The number of hydrogen-bond donors (Lipinski definition) is 1. The molecule has 0 spiro atoms. The Balaban J connectivity index is 2.18. The van der Waals surface area contributed by atoms with Gasteiger partial charge in [0.25, 0.3) is 0 Å². The van der Waals surface area contributed by atoms with Gasteiger partial charge in [-0.05, 0) is 11.5 Å². The van der Waals surface area contributed by atoms with Crippen LogP contribution in [0.3, 0.4) is 0 Å². The highest BCUT2D eigenvalue weighted by Crippen LogP contribution is 2.20. The first kappa shape index (κ1) is 20.7. The summed E-state index contributed by atoms with van der Waals surface area (Å²) in [4.78, 5) is 40.4. The number of benzene rings is 1. The van der Waals surface area contributed by atoms with Crippen LogP contribution in [0, 0.1) is 5.92 Å². The molecule has 8 nitrogen and oxygen atoms in total. The minimum atomic E-state index is -0.790. The molecular weight excluding hydrogens is 350 g/mol. The van der Waals surface area contributed by atoms with Crippen LogP contribution >= 0.6 is 0 Å². The summed E-state index contributed by atoms with van der Waals surface area (Å²) in [6.07, 6.45) is -0.683. The summed E-state index contributed by atoms with van der Waals surface area (Å²) in [6.45, 7) is 4.90. The smallest absolute Gasteiger partial charge is 0.407 e. The monoisotopic (exact) mass is 377 g/mol. The highest BCUT2D eigenvalue weighted by atomic mass is 16.5. The Morgan fingerprint density at radius 2 is 1.81 bits per heavy atom. The molecule has 0 saturated carbocycles. The first-order valence-electron chi connectivity index (χ1n) is 8.86. The second-order valence-electron chi connectivity index (χ2n) is 6.84. The second-order valence-corrected chi connectivity index (χ2v) is 6.84. The topological polar surface area (TPSA) is 88.2 Å². The summed E-state index contributed by atoms with van der Waals surface area (Å²) < 4.78 is 9.50. The van der Waals surface area contributed by atoms with Crippen molar-refractivity contribution in [2.24, 2.45) is 5.92 Å². The van der Waals surface area contributed by atoms with Crippen molar-refractivity contribution in [2.45, 2.75) is 32.5 Å². The van der Waals surface area contributed by atoms with Crippen LogP contribution in [0.15, 0.2) is 30.3 Å². The average molecular weight is 377 g/mol. The lowest BCUT2D eigenvalue weighted by Crippen LogP contribution is -2.54. The minimum absolute atomic E-state index is 0.168. The van der Waals surface area contributed by atoms with E-state index < -0.39 is 24.1 Å². The first-order chi connectivity index (χ1) is 12.9. The Labute approximate surface area is 159 Å². The Bertz CT molecular complexity index is 665. The summed E-state index contributed by atoms with van der Waals surface area (Å²) >= 11 is 0. The molecule has 1 aliphatic heterocycles. The molecule has 1 fully saturated rings. The van der Waals surface area contributed by atoms with E-state index in [9.17, 15) is 14.4 Å². The predicted molar refractivity (Wildman–Crippen MR) is 98.5 cm³/mol. The van der Waals surface area contributed by atoms with Crippen LogP contribution in [-0.2, 0) is 25.6 Å². The van der Waals surface area contributed by atoms with E-state index in [-0.39, 0.29) is 18.5 Å². The number of alkyl carbamates (subject to hydrolysis) is 1. The van der Waals surface area contributed by atoms with Gasteiger partial charge in [0.2, 0.25) is 5.91 Å². The van der Waals surface area contributed by atoms with Gasteiger partial charge in [0.05, 0.1) is 20.9 Å². The highest BCUT2D eigenvalue weighted by molar-refractivity contribution is 5.90. The van der Waals surface area contributed by atoms with E-state index in [1.165, 1.54) is 19.1 Å². The number of nitrogens with zero attached hydrogens (tertiary/aromatic N) is 2. The molecule has 8 heteroatoms. The number of nitrogens with one attached hydrogen (secondary N) is 1. The van der Waals surface area contributed by atoms with Gasteiger partial charge in [0.15, 0.2) is 0 Å². The molecule has 1 N–H and O–H groups in total. The van der Waals surface area contributed by atoms with Crippen molar-refractivity contribution in [3.8, 4) is 0 Å². The lowest BCUT2D eigenvalue weighted by atomic mass is 10.0. The normalized spacial score (nSPS) is 18.3. The number of carbonyl (C=O) groups is 3. The Morgan fingerprint density at radius 1 is 1.15 bits per heavy atom. The maximum Gasteiger partial charge on any atom is 0.407 e. The molecule has 0 bridgehead atoms. The fourth-order valence-electron chi connectivity index (χ4n) is 3.11. The van der Waals surface area contributed by atoms with Gasteiger partial charge in [-0.1, -0.05) is 44.2 Å². The third-order valence-electron chi connectivity index (χ3n) is 4.56. The first-order valence-corrected chi connectivity index (χ1v) is 8.86. The molecule has 0 aliphatic carbocycles. The Morgan fingerprint density at radius 3 is 2.37 bits per heavy atom. The van der Waals surface area contributed by atoms with Crippen LogP contribution < -0.4 is 5.32 Å². The zero-order chi connectivity index (χ0) is 20.0. The molecule has 2 unspecified atom stereocenters.